The molecule has 84 valence electrons. The van der Waals surface area contributed by atoms with E-state index in [1.165, 1.54) is 19.3 Å². The Balaban J connectivity index is 2.73. The molecule has 1 aliphatic rings. The van der Waals surface area contributed by atoms with E-state index in [2.05, 4.69) is 11.2 Å². The highest BCUT2D eigenvalue weighted by atomic mass is 15.4. The highest BCUT2D eigenvalue weighted by Crippen LogP contribution is 2.22. The van der Waals surface area contributed by atoms with Crippen LogP contribution < -0.4 is 0 Å². The van der Waals surface area contributed by atoms with Crippen LogP contribution in [0.25, 0.3) is 0 Å². The van der Waals surface area contributed by atoms with Crippen LogP contribution >= 0.6 is 0 Å². The predicted molar refractivity (Wildman–Crippen MR) is 61.4 cm³/mol. The summed E-state index contributed by atoms with van der Waals surface area (Å²) in [6.07, 6.45) is 8.25. The van der Waals surface area contributed by atoms with Gasteiger partial charge in [-0.1, -0.05) is 19.3 Å². The van der Waals surface area contributed by atoms with Crippen molar-refractivity contribution in [1.29, 1.82) is 5.26 Å². The molecule has 0 amide bonds. The van der Waals surface area contributed by atoms with Crippen LogP contribution in [0.3, 0.4) is 0 Å². The molecule has 0 unspecified atom stereocenters. The van der Waals surface area contributed by atoms with Gasteiger partial charge in [0.2, 0.25) is 5.96 Å². The first-order chi connectivity index (χ1) is 7.20. The predicted octanol–water partition coefficient (Wildman–Crippen LogP) is 1.65. The quantitative estimate of drug-likeness (QED) is 0.285. The van der Waals surface area contributed by atoms with Crippen LogP contribution in [0.4, 0.5) is 0 Å². The zero-order valence-electron chi connectivity index (χ0n) is 9.90. The van der Waals surface area contributed by atoms with Crippen LogP contribution in [-0.2, 0) is 0 Å². The zero-order chi connectivity index (χ0) is 11.3. The van der Waals surface area contributed by atoms with Gasteiger partial charge in [0.15, 0.2) is 6.19 Å². The zero-order valence-corrected chi connectivity index (χ0v) is 9.90. The van der Waals surface area contributed by atoms with Crippen molar-refractivity contribution < 1.29 is 0 Å². The van der Waals surface area contributed by atoms with E-state index in [1.54, 1.807) is 11.9 Å². The molecule has 0 atom stereocenters. The number of nitrogens with zero attached hydrogens (tertiary/aromatic N) is 4. The molecule has 0 heterocycles. The number of aliphatic imine (C=N–C) groups is 1. The molecule has 4 heteroatoms. The van der Waals surface area contributed by atoms with Gasteiger partial charge in [0, 0.05) is 27.2 Å². The standard InChI is InChI=1S/C11H20N4/c1-13-11(14(2)3)15(9-12)10-7-5-4-6-8-10/h10H,4-8H2,1-3H3. The molecule has 4 nitrogen and oxygen atoms in total. The van der Waals surface area contributed by atoms with Crippen LogP contribution in [0.5, 0.6) is 0 Å². The minimum Gasteiger partial charge on any atom is -0.348 e. The summed E-state index contributed by atoms with van der Waals surface area (Å²) in [5.41, 5.74) is 0. The van der Waals surface area contributed by atoms with Crippen molar-refractivity contribution in [3.05, 3.63) is 0 Å². The molecular weight excluding hydrogens is 188 g/mol. The third-order valence-corrected chi connectivity index (χ3v) is 2.86. The molecule has 0 aromatic rings. The van der Waals surface area contributed by atoms with Crippen LogP contribution in [0, 0.1) is 11.5 Å². The molecule has 0 aromatic carbocycles. The fourth-order valence-corrected chi connectivity index (χ4v) is 2.15. The Hall–Kier alpha value is -1.24. The summed E-state index contributed by atoms with van der Waals surface area (Å²) in [5, 5.41) is 9.20. The maximum atomic E-state index is 9.20. The second-order valence-corrected chi connectivity index (χ2v) is 4.18. The molecule has 0 aliphatic heterocycles. The number of guanidine groups is 1. The van der Waals surface area contributed by atoms with Gasteiger partial charge in [-0.15, -0.1) is 0 Å². The van der Waals surface area contributed by atoms with E-state index in [1.807, 2.05) is 19.0 Å². The topological polar surface area (TPSA) is 42.6 Å². The maximum absolute atomic E-state index is 9.20. The molecular formula is C11H20N4. The van der Waals surface area contributed by atoms with Gasteiger partial charge >= 0.3 is 0 Å². The van der Waals surface area contributed by atoms with E-state index in [0.29, 0.717) is 6.04 Å². The van der Waals surface area contributed by atoms with E-state index in [4.69, 9.17) is 0 Å². The number of rotatable bonds is 1. The van der Waals surface area contributed by atoms with E-state index < -0.39 is 0 Å². The van der Waals surface area contributed by atoms with Crippen LogP contribution in [0.15, 0.2) is 4.99 Å². The molecule has 0 N–H and O–H groups in total. The Morgan fingerprint density at radius 1 is 1.27 bits per heavy atom. The Morgan fingerprint density at radius 3 is 2.27 bits per heavy atom. The van der Waals surface area contributed by atoms with E-state index in [0.717, 1.165) is 18.8 Å². The molecule has 0 bridgehead atoms. The lowest BCUT2D eigenvalue weighted by Crippen LogP contribution is -2.44. The average Bonchev–Trinajstić information content (AvgIpc) is 2.26. The Morgan fingerprint density at radius 2 is 1.87 bits per heavy atom. The summed E-state index contributed by atoms with van der Waals surface area (Å²) in [4.78, 5) is 7.84. The minimum absolute atomic E-state index is 0.352. The third kappa shape index (κ3) is 2.85. The van der Waals surface area contributed by atoms with E-state index in [-0.39, 0.29) is 0 Å². The smallest absolute Gasteiger partial charge is 0.209 e. The van der Waals surface area contributed by atoms with Crippen molar-refractivity contribution in [1.82, 2.24) is 9.80 Å². The number of hydrogen-bond acceptors (Lipinski definition) is 2. The molecule has 0 aromatic heterocycles. The fourth-order valence-electron chi connectivity index (χ4n) is 2.15. The molecule has 15 heavy (non-hydrogen) atoms. The second kappa shape index (κ2) is 5.59. The summed E-state index contributed by atoms with van der Waals surface area (Å²) >= 11 is 0. The van der Waals surface area contributed by atoms with Crippen LogP contribution in [0.1, 0.15) is 32.1 Å². The summed E-state index contributed by atoms with van der Waals surface area (Å²) in [7, 11) is 5.59. The lowest BCUT2D eigenvalue weighted by atomic mass is 9.94. The maximum Gasteiger partial charge on any atom is 0.209 e. The normalized spacial score (nSPS) is 18.4. The first-order valence-corrected chi connectivity index (χ1v) is 5.53. The third-order valence-electron chi connectivity index (χ3n) is 2.86. The largest absolute Gasteiger partial charge is 0.348 e. The van der Waals surface area contributed by atoms with Gasteiger partial charge in [0.1, 0.15) is 0 Å². The summed E-state index contributed by atoms with van der Waals surface area (Å²) < 4.78 is 0. The molecule has 1 aliphatic carbocycles. The number of hydrogen-bond donors (Lipinski definition) is 0. The van der Waals surface area contributed by atoms with Gasteiger partial charge in [0.05, 0.1) is 0 Å². The summed E-state index contributed by atoms with van der Waals surface area (Å²) in [6, 6.07) is 0.352. The monoisotopic (exact) mass is 208 g/mol. The van der Waals surface area contributed by atoms with Crippen molar-refractivity contribution in [3.8, 4) is 6.19 Å². The highest BCUT2D eigenvalue weighted by Gasteiger charge is 2.24. The molecule has 1 saturated carbocycles. The van der Waals surface area contributed by atoms with Gasteiger partial charge < -0.3 is 4.90 Å². The van der Waals surface area contributed by atoms with Crippen molar-refractivity contribution in [2.24, 2.45) is 4.99 Å². The van der Waals surface area contributed by atoms with Crippen LogP contribution in [-0.4, -0.2) is 42.9 Å². The lowest BCUT2D eigenvalue weighted by molar-refractivity contribution is 0.287. The Kier molecular flexibility index (Phi) is 4.41. The second-order valence-electron chi connectivity index (χ2n) is 4.18. The molecule has 0 saturated heterocycles. The molecule has 1 fully saturated rings. The summed E-state index contributed by atoms with van der Waals surface area (Å²) in [6.45, 7) is 0. The Labute approximate surface area is 92.2 Å². The van der Waals surface area contributed by atoms with Crippen molar-refractivity contribution in [3.63, 3.8) is 0 Å². The van der Waals surface area contributed by atoms with E-state index in [9.17, 15) is 5.26 Å². The van der Waals surface area contributed by atoms with Gasteiger partial charge in [-0.3, -0.25) is 4.99 Å². The molecule has 1 rings (SSSR count). The van der Waals surface area contributed by atoms with Gasteiger partial charge in [0.25, 0.3) is 0 Å². The van der Waals surface area contributed by atoms with Gasteiger partial charge in [-0.2, -0.15) is 5.26 Å². The highest BCUT2D eigenvalue weighted by molar-refractivity contribution is 5.81. The van der Waals surface area contributed by atoms with Crippen LogP contribution in [0.2, 0.25) is 0 Å². The first kappa shape index (κ1) is 11.8. The SMILES string of the molecule is CN=C(N(C)C)N(C#N)C1CCCCC1. The average molecular weight is 208 g/mol. The minimum atomic E-state index is 0.352. The Bertz CT molecular complexity index is 258. The lowest BCUT2D eigenvalue weighted by Gasteiger charge is -2.32. The first-order valence-electron chi connectivity index (χ1n) is 5.53. The fraction of sp³-hybridized carbons (Fsp3) is 0.818. The molecule has 0 spiro atoms. The van der Waals surface area contributed by atoms with Crippen molar-refractivity contribution >= 4 is 5.96 Å². The van der Waals surface area contributed by atoms with Crippen molar-refractivity contribution in [2.45, 2.75) is 38.1 Å². The van der Waals surface area contributed by atoms with Gasteiger partial charge in [-0.05, 0) is 12.8 Å². The van der Waals surface area contributed by atoms with Crippen molar-refractivity contribution in [2.75, 3.05) is 21.1 Å². The van der Waals surface area contributed by atoms with E-state index >= 15 is 0 Å². The molecule has 0 radical (unpaired) electrons. The van der Waals surface area contributed by atoms with Gasteiger partial charge in [-0.25, -0.2) is 4.90 Å². The number of nitriles is 1. The summed E-state index contributed by atoms with van der Waals surface area (Å²) in [5.74, 6) is 0.768.